The van der Waals surface area contributed by atoms with Gasteiger partial charge in [0.05, 0.1) is 5.76 Å². The normalized spacial score (nSPS) is 13.5. The molecular weight excluding hydrogens is 136 g/mol. The molecule has 0 aromatic rings. The van der Waals surface area contributed by atoms with Gasteiger partial charge in [-0.2, -0.15) is 0 Å². The summed E-state index contributed by atoms with van der Waals surface area (Å²) in [6.07, 6.45) is 11.3. The van der Waals surface area contributed by atoms with E-state index in [2.05, 4.69) is 0 Å². The molecule has 11 heavy (non-hydrogen) atoms. The molecule has 0 aromatic carbocycles. The Morgan fingerprint density at radius 3 is 2.64 bits per heavy atom. The predicted molar refractivity (Wildman–Crippen MR) is 49.6 cm³/mol. The molecule has 0 radical (unpaired) electrons. The second-order valence-electron chi connectivity index (χ2n) is 2.24. The van der Waals surface area contributed by atoms with Crippen LogP contribution in [-0.4, -0.2) is 5.11 Å². The number of hydrogen-bond acceptors (Lipinski definition) is 1. The van der Waals surface area contributed by atoms with Crippen molar-refractivity contribution in [2.75, 3.05) is 0 Å². The lowest BCUT2D eigenvalue weighted by molar-refractivity contribution is 0.392. The van der Waals surface area contributed by atoms with E-state index in [1.54, 1.807) is 0 Å². The highest BCUT2D eigenvalue weighted by atomic mass is 16.3. The topological polar surface area (TPSA) is 20.2 Å². The molecule has 0 fully saturated rings. The molecule has 0 amide bonds. The summed E-state index contributed by atoms with van der Waals surface area (Å²) in [5.41, 5.74) is 0. The summed E-state index contributed by atoms with van der Waals surface area (Å²) < 4.78 is 0. The van der Waals surface area contributed by atoms with Crippen molar-refractivity contribution in [3.8, 4) is 0 Å². The summed E-state index contributed by atoms with van der Waals surface area (Å²) in [5.74, 6) is 0.468. The van der Waals surface area contributed by atoms with E-state index in [0.29, 0.717) is 5.76 Å². The Kier molecular flexibility index (Phi) is 6.50. The van der Waals surface area contributed by atoms with Gasteiger partial charge >= 0.3 is 0 Å². The van der Waals surface area contributed by atoms with Crippen LogP contribution in [0.3, 0.4) is 0 Å². The summed E-state index contributed by atoms with van der Waals surface area (Å²) in [5, 5.41) is 9.02. The monoisotopic (exact) mass is 152 g/mol. The molecule has 0 saturated carbocycles. The average Bonchev–Trinajstić information content (AvgIpc) is 2.04. The first-order valence-corrected chi connectivity index (χ1v) is 3.97. The Hall–Kier alpha value is -0.980. The van der Waals surface area contributed by atoms with Crippen LogP contribution in [0.4, 0.5) is 0 Å². The fraction of sp³-hybridized carbons (Fsp3) is 0.400. The Labute approximate surface area is 68.7 Å². The van der Waals surface area contributed by atoms with Crippen molar-refractivity contribution in [2.24, 2.45) is 0 Å². The Balaban J connectivity index is 3.55. The second-order valence-corrected chi connectivity index (χ2v) is 2.24. The van der Waals surface area contributed by atoms with Crippen LogP contribution in [0.5, 0.6) is 0 Å². The number of allylic oxidation sites excluding steroid dienone is 6. The molecular formula is C10H16O. The van der Waals surface area contributed by atoms with Crippen molar-refractivity contribution in [1.29, 1.82) is 0 Å². The van der Waals surface area contributed by atoms with Crippen LogP contribution in [0.1, 0.15) is 26.7 Å². The molecule has 1 N–H and O–H groups in total. The molecule has 1 nitrogen and oxygen atoms in total. The molecule has 1 heteroatoms. The van der Waals surface area contributed by atoms with Gasteiger partial charge in [0.25, 0.3) is 0 Å². The van der Waals surface area contributed by atoms with E-state index in [9.17, 15) is 0 Å². The first-order valence-electron chi connectivity index (χ1n) is 3.97. The number of rotatable bonds is 4. The van der Waals surface area contributed by atoms with Gasteiger partial charge in [-0.25, -0.2) is 0 Å². The van der Waals surface area contributed by atoms with Crippen LogP contribution in [-0.2, 0) is 0 Å². The molecule has 0 heterocycles. The van der Waals surface area contributed by atoms with Gasteiger partial charge in [-0.3, -0.25) is 0 Å². The van der Waals surface area contributed by atoms with Crippen molar-refractivity contribution < 1.29 is 5.11 Å². The van der Waals surface area contributed by atoms with Gasteiger partial charge < -0.3 is 5.11 Å². The maximum atomic E-state index is 9.02. The van der Waals surface area contributed by atoms with Crippen LogP contribution in [0.2, 0.25) is 0 Å². The van der Waals surface area contributed by atoms with E-state index in [-0.39, 0.29) is 0 Å². The highest BCUT2D eigenvalue weighted by molar-refractivity contribution is 5.04. The van der Waals surface area contributed by atoms with Crippen LogP contribution >= 0.6 is 0 Å². The lowest BCUT2D eigenvalue weighted by Gasteiger charge is -1.89. The number of hydrogen-bond donors (Lipinski definition) is 1. The summed E-state index contributed by atoms with van der Waals surface area (Å²) in [7, 11) is 0. The summed E-state index contributed by atoms with van der Waals surface area (Å²) in [4.78, 5) is 0. The van der Waals surface area contributed by atoms with Crippen molar-refractivity contribution in [2.45, 2.75) is 26.7 Å². The van der Waals surface area contributed by atoms with E-state index in [0.717, 1.165) is 12.8 Å². The molecule has 62 valence electrons. The molecule has 0 aromatic heterocycles. The lowest BCUT2D eigenvalue weighted by atomic mass is 10.3. The van der Waals surface area contributed by atoms with Gasteiger partial charge in [-0.15, -0.1) is 0 Å². The molecule has 0 aliphatic rings. The van der Waals surface area contributed by atoms with Gasteiger partial charge in [0.15, 0.2) is 0 Å². The zero-order valence-electron chi connectivity index (χ0n) is 7.25. The molecule has 0 unspecified atom stereocenters. The van der Waals surface area contributed by atoms with Crippen molar-refractivity contribution in [1.82, 2.24) is 0 Å². The predicted octanol–water partition coefficient (Wildman–Crippen LogP) is 3.36. The van der Waals surface area contributed by atoms with Gasteiger partial charge in [0, 0.05) is 6.42 Å². The quantitative estimate of drug-likeness (QED) is 0.483. The number of aliphatic hydroxyl groups is 1. The zero-order chi connectivity index (χ0) is 8.53. The minimum absolute atomic E-state index is 0.468. The maximum absolute atomic E-state index is 9.02. The minimum atomic E-state index is 0.468. The van der Waals surface area contributed by atoms with Crippen molar-refractivity contribution in [3.05, 3.63) is 36.1 Å². The van der Waals surface area contributed by atoms with Crippen LogP contribution in [0.25, 0.3) is 0 Å². The van der Waals surface area contributed by atoms with E-state index in [1.807, 2.05) is 44.2 Å². The fourth-order valence-corrected chi connectivity index (χ4v) is 0.617. The molecule has 0 bridgehead atoms. The molecule has 0 aliphatic carbocycles. The Morgan fingerprint density at radius 2 is 2.09 bits per heavy atom. The van der Waals surface area contributed by atoms with Crippen LogP contribution < -0.4 is 0 Å². The maximum Gasteiger partial charge on any atom is 0.0883 e. The Morgan fingerprint density at radius 1 is 1.36 bits per heavy atom. The van der Waals surface area contributed by atoms with E-state index >= 15 is 0 Å². The third-order valence-electron chi connectivity index (χ3n) is 1.29. The number of aliphatic hydroxyl groups excluding tert-OH is 1. The standard InChI is InChI=1S/C10H16O/c1-3-5-6-7-8-9-10(11)4-2/h3,5-7,9,11H,4,8H2,1-2H3/b5-3-,7-6-,10-9-. The molecule has 0 atom stereocenters. The van der Waals surface area contributed by atoms with E-state index in [1.165, 1.54) is 0 Å². The van der Waals surface area contributed by atoms with Crippen molar-refractivity contribution >= 4 is 0 Å². The fourth-order valence-electron chi connectivity index (χ4n) is 0.617. The summed E-state index contributed by atoms with van der Waals surface area (Å²) in [6.45, 7) is 3.91. The smallest absolute Gasteiger partial charge is 0.0883 e. The lowest BCUT2D eigenvalue weighted by Crippen LogP contribution is -1.74. The third-order valence-corrected chi connectivity index (χ3v) is 1.29. The summed E-state index contributed by atoms with van der Waals surface area (Å²) >= 11 is 0. The van der Waals surface area contributed by atoms with Crippen LogP contribution in [0.15, 0.2) is 36.1 Å². The first kappa shape index (κ1) is 10.0. The average molecular weight is 152 g/mol. The van der Waals surface area contributed by atoms with Gasteiger partial charge in [0.2, 0.25) is 0 Å². The molecule has 0 rings (SSSR count). The van der Waals surface area contributed by atoms with E-state index in [4.69, 9.17) is 5.11 Å². The van der Waals surface area contributed by atoms with Gasteiger partial charge in [-0.1, -0.05) is 31.2 Å². The molecule has 0 aliphatic heterocycles. The highest BCUT2D eigenvalue weighted by Crippen LogP contribution is 1.97. The highest BCUT2D eigenvalue weighted by Gasteiger charge is 1.82. The SMILES string of the molecule is C/C=C\C=C/C/C=C(\O)CC. The van der Waals surface area contributed by atoms with E-state index < -0.39 is 0 Å². The largest absolute Gasteiger partial charge is 0.513 e. The van der Waals surface area contributed by atoms with Gasteiger partial charge in [-0.05, 0) is 19.4 Å². The molecule has 0 saturated heterocycles. The minimum Gasteiger partial charge on any atom is -0.513 e. The van der Waals surface area contributed by atoms with Crippen molar-refractivity contribution in [3.63, 3.8) is 0 Å². The first-order chi connectivity index (χ1) is 5.31. The Bertz CT molecular complexity index is 164. The zero-order valence-corrected chi connectivity index (χ0v) is 7.25. The molecule has 0 spiro atoms. The van der Waals surface area contributed by atoms with Crippen LogP contribution in [0, 0.1) is 0 Å². The summed E-state index contributed by atoms with van der Waals surface area (Å²) in [6, 6.07) is 0. The third kappa shape index (κ3) is 6.91. The van der Waals surface area contributed by atoms with Gasteiger partial charge in [0.1, 0.15) is 0 Å². The second kappa shape index (κ2) is 7.13.